The molecule has 1 aliphatic rings. The number of halogens is 2. The van der Waals surface area contributed by atoms with Crippen LogP contribution in [0, 0.1) is 18.7 Å². The summed E-state index contributed by atoms with van der Waals surface area (Å²) < 4.78 is 14.1. The van der Waals surface area contributed by atoms with Crippen molar-refractivity contribution in [3.8, 4) is 0 Å². The van der Waals surface area contributed by atoms with E-state index in [0.29, 0.717) is 10.6 Å². The van der Waals surface area contributed by atoms with Gasteiger partial charge in [0.25, 0.3) is 5.91 Å². The fourth-order valence-electron chi connectivity index (χ4n) is 2.84. The van der Waals surface area contributed by atoms with Gasteiger partial charge in [0.15, 0.2) is 0 Å². The molecule has 1 fully saturated rings. The predicted octanol–water partition coefficient (Wildman–Crippen LogP) is 2.60. The molecule has 0 radical (unpaired) electrons. The molecule has 2 aromatic carbocycles. The lowest BCUT2D eigenvalue weighted by molar-refractivity contribution is -0.126. The first-order valence-electron chi connectivity index (χ1n) is 8.27. The van der Waals surface area contributed by atoms with Crippen molar-refractivity contribution in [2.75, 3.05) is 11.4 Å². The zero-order valence-electron chi connectivity index (χ0n) is 14.5. The summed E-state index contributed by atoms with van der Waals surface area (Å²) in [4.78, 5) is 37.7. The Hall–Kier alpha value is -2.93. The minimum atomic E-state index is -0.691. The summed E-state index contributed by atoms with van der Waals surface area (Å²) in [5.74, 6) is -2.57. The van der Waals surface area contributed by atoms with Crippen LogP contribution in [0.3, 0.4) is 0 Å². The van der Waals surface area contributed by atoms with Gasteiger partial charge in [0.05, 0.1) is 11.6 Å². The van der Waals surface area contributed by atoms with E-state index in [1.807, 2.05) is 0 Å². The second-order valence-electron chi connectivity index (χ2n) is 6.31. The van der Waals surface area contributed by atoms with Gasteiger partial charge in [0.1, 0.15) is 5.82 Å². The van der Waals surface area contributed by atoms with Crippen LogP contribution >= 0.6 is 11.6 Å². The third-order valence-corrected chi connectivity index (χ3v) is 4.55. The third kappa shape index (κ3) is 4.25. The smallest absolute Gasteiger partial charge is 0.269 e. The van der Waals surface area contributed by atoms with Gasteiger partial charge in [-0.2, -0.15) is 0 Å². The number of carbonyl (C=O) groups excluding carboxylic acids is 3. The lowest BCUT2D eigenvalue weighted by Crippen LogP contribution is -2.45. The van der Waals surface area contributed by atoms with Crippen molar-refractivity contribution < 1.29 is 18.8 Å². The minimum Gasteiger partial charge on any atom is -0.309 e. The standard InChI is InChI=1S/C19H17ClFN3O3/c1-11-2-7-16(15(21)8-11)24-10-13(9-17(24)25)19(27)23-22-18(26)12-3-5-14(20)6-4-12/h2-8,13H,9-10H2,1H3,(H,22,26)(H,23,27). The van der Waals surface area contributed by atoms with Crippen LogP contribution < -0.4 is 15.8 Å². The summed E-state index contributed by atoms with van der Waals surface area (Å²) in [6.45, 7) is 1.79. The van der Waals surface area contributed by atoms with Crippen molar-refractivity contribution in [2.45, 2.75) is 13.3 Å². The molecule has 1 heterocycles. The fraction of sp³-hybridized carbons (Fsp3) is 0.211. The molecule has 3 rings (SSSR count). The van der Waals surface area contributed by atoms with E-state index in [1.165, 1.54) is 29.2 Å². The van der Waals surface area contributed by atoms with Crippen LogP contribution in [0.25, 0.3) is 0 Å². The molecular weight excluding hydrogens is 373 g/mol. The minimum absolute atomic E-state index is 0.0431. The molecular formula is C19H17ClFN3O3. The maximum atomic E-state index is 14.1. The Bertz CT molecular complexity index is 902. The number of aryl methyl sites for hydroxylation is 1. The molecule has 0 spiro atoms. The molecule has 1 aliphatic heterocycles. The monoisotopic (exact) mass is 389 g/mol. The van der Waals surface area contributed by atoms with Gasteiger partial charge < -0.3 is 4.90 Å². The molecule has 0 aliphatic carbocycles. The summed E-state index contributed by atoms with van der Waals surface area (Å²) >= 11 is 5.76. The maximum absolute atomic E-state index is 14.1. The number of carbonyl (C=O) groups is 3. The molecule has 2 N–H and O–H groups in total. The van der Waals surface area contributed by atoms with Gasteiger partial charge in [-0.25, -0.2) is 4.39 Å². The molecule has 27 heavy (non-hydrogen) atoms. The third-order valence-electron chi connectivity index (χ3n) is 4.30. The van der Waals surface area contributed by atoms with Crippen LogP contribution in [0.5, 0.6) is 0 Å². The van der Waals surface area contributed by atoms with Crippen LogP contribution in [0.15, 0.2) is 42.5 Å². The lowest BCUT2D eigenvalue weighted by Gasteiger charge is -2.18. The van der Waals surface area contributed by atoms with Gasteiger partial charge in [-0.05, 0) is 48.9 Å². The zero-order chi connectivity index (χ0) is 19.6. The van der Waals surface area contributed by atoms with Gasteiger partial charge in [0.2, 0.25) is 11.8 Å². The van der Waals surface area contributed by atoms with Gasteiger partial charge in [0, 0.05) is 23.6 Å². The van der Waals surface area contributed by atoms with E-state index in [0.717, 1.165) is 5.56 Å². The Morgan fingerprint density at radius 3 is 2.52 bits per heavy atom. The Morgan fingerprint density at radius 2 is 1.85 bits per heavy atom. The van der Waals surface area contributed by atoms with Crippen molar-refractivity contribution in [3.05, 3.63) is 64.4 Å². The number of rotatable bonds is 3. The second kappa shape index (κ2) is 7.75. The van der Waals surface area contributed by atoms with Crippen molar-refractivity contribution in [1.82, 2.24) is 10.9 Å². The summed E-state index contributed by atoms with van der Waals surface area (Å²) in [5, 5.41) is 0.489. The summed E-state index contributed by atoms with van der Waals surface area (Å²) in [7, 11) is 0. The first kappa shape index (κ1) is 18.8. The van der Waals surface area contributed by atoms with Gasteiger partial charge in [-0.3, -0.25) is 25.2 Å². The average molecular weight is 390 g/mol. The van der Waals surface area contributed by atoms with Gasteiger partial charge in [-0.1, -0.05) is 17.7 Å². The Labute approximate surface area is 160 Å². The van der Waals surface area contributed by atoms with Crippen molar-refractivity contribution in [2.24, 2.45) is 5.92 Å². The summed E-state index contributed by atoms with van der Waals surface area (Å²) in [5.41, 5.74) is 5.81. The van der Waals surface area contributed by atoms with Crippen LogP contribution in [0.4, 0.5) is 10.1 Å². The molecule has 6 nitrogen and oxygen atoms in total. The fourth-order valence-corrected chi connectivity index (χ4v) is 2.97. The highest BCUT2D eigenvalue weighted by molar-refractivity contribution is 6.30. The molecule has 1 saturated heterocycles. The quantitative estimate of drug-likeness (QED) is 0.792. The first-order chi connectivity index (χ1) is 12.8. The molecule has 2 aromatic rings. The Balaban J connectivity index is 1.60. The van der Waals surface area contributed by atoms with E-state index < -0.39 is 23.5 Å². The molecule has 8 heteroatoms. The van der Waals surface area contributed by atoms with E-state index >= 15 is 0 Å². The molecule has 1 atom stereocenters. The molecule has 0 saturated carbocycles. The maximum Gasteiger partial charge on any atom is 0.269 e. The molecule has 0 aromatic heterocycles. The van der Waals surface area contributed by atoms with Crippen LogP contribution in [-0.4, -0.2) is 24.3 Å². The highest BCUT2D eigenvalue weighted by atomic mass is 35.5. The second-order valence-corrected chi connectivity index (χ2v) is 6.75. The van der Waals surface area contributed by atoms with Crippen molar-refractivity contribution >= 4 is 35.0 Å². The number of hydrogen-bond donors (Lipinski definition) is 2. The van der Waals surface area contributed by atoms with Crippen LogP contribution in [0.1, 0.15) is 22.3 Å². The van der Waals surface area contributed by atoms with Crippen LogP contribution in [0.2, 0.25) is 5.02 Å². The van der Waals surface area contributed by atoms with Crippen molar-refractivity contribution in [3.63, 3.8) is 0 Å². The van der Waals surface area contributed by atoms with Crippen LogP contribution in [-0.2, 0) is 9.59 Å². The SMILES string of the molecule is Cc1ccc(N2CC(C(=O)NNC(=O)c3ccc(Cl)cc3)CC2=O)c(F)c1. The summed E-state index contributed by atoms with van der Waals surface area (Å²) in [6, 6.07) is 10.7. The van der Waals surface area contributed by atoms with E-state index in [4.69, 9.17) is 11.6 Å². The number of hydrazine groups is 1. The molecule has 0 bridgehead atoms. The van der Waals surface area contributed by atoms with E-state index in [-0.39, 0.29) is 24.6 Å². The lowest BCUT2D eigenvalue weighted by atomic mass is 10.1. The molecule has 3 amide bonds. The number of benzene rings is 2. The number of amides is 3. The first-order valence-corrected chi connectivity index (χ1v) is 8.65. The highest BCUT2D eigenvalue weighted by Crippen LogP contribution is 2.28. The number of anilines is 1. The zero-order valence-corrected chi connectivity index (χ0v) is 15.2. The predicted molar refractivity (Wildman–Crippen MR) is 98.7 cm³/mol. The Kier molecular flexibility index (Phi) is 5.41. The largest absolute Gasteiger partial charge is 0.309 e. The molecule has 1 unspecified atom stereocenters. The normalized spacial score (nSPS) is 16.3. The van der Waals surface area contributed by atoms with E-state index in [2.05, 4.69) is 10.9 Å². The van der Waals surface area contributed by atoms with Crippen molar-refractivity contribution in [1.29, 1.82) is 0 Å². The Morgan fingerprint density at radius 1 is 1.15 bits per heavy atom. The van der Waals surface area contributed by atoms with Gasteiger partial charge >= 0.3 is 0 Å². The molecule has 140 valence electrons. The number of nitrogens with one attached hydrogen (secondary N) is 2. The highest BCUT2D eigenvalue weighted by Gasteiger charge is 2.36. The van der Waals surface area contributed by atoms with Gasteiger partial charge in [-0.15, -0.1) is 0 Å². The number of nitrogens with zero attached hydrogens (tertiary/aromatic N) is 1. The van der Waals surface area contributed by atoms with E-state index in [1.54, 1.807) is 25.1 Å². The average Bonchev–Trinajstić information content (AvgIpc) is 3.01. The van der Waals surface area contributed by atoms with E-state index in [9.17, 15) is 18.8 Å². The summed E-state index contributed by atoms with van der Waals surface area (Å²) in [6.07, 6.45) is -0.0596. The topological polar surface area (TPSA) is 78.5 Å². The number of hydrogen-bond acceptors (Lipinski definition) is 3.